The van der Waals surface area contributed by atoms with Gasteiger partial charge in [0.05, 0.1) is 16.7 Å². The van der Waals surface area contributed by atoms with Crippen LogP contribution in [0.5, 0.6) is 5.75 Å². The molecule has 0 aromatic heterocycles. The van der Waals surface area contributed by atoms with E-state index in [1.807, 2.05) is 39.0 Å². The predicted octanol–water partition coefficient (Wildman–Crippen LogP) is 3.08. The van der Waals surface area contributed by atoms with E-state index in [1.165, 1.54) is 6.08 Å². The highest BCUT2D eigenvalue weighted by molar-refractivity contribution is 9.10. The van der Waals surface area contributed by atoms with Gasteiger partial charge in [0.2, 0.25) is 6.41 Å². The largest absolute Gasteiger partial charge is 0.490 e. The van der Waals surface area contributed by atoms with Crippen LogP contribution in [0.2, 0.25) is 0 Å². The molecule has 1 unspecified atom stereocenters. The summed E-state index contributed by atoms with van der Waals surface area (Å²) >= 11 is 3.44. The van der Waals surface area contributed by atoms with Gasteiger partial charge in [0.15, 0.2) is 0 Å². The zero-order valence-electron chi connectivity index (χ0n) is 15.0. The van der Waals surface area contributed by atoms with Crippen molar-refractivity contribution < 1.29 is 24.1 Å². The van der Waals surface area contributed by atoms with Crippen LogP contribution in [0.1, 0.15) is 33.3 Å². The fraction of sp³-hybridized carbons (Fsp3) is 0.500. The smallest absolute Gasteiger partial charge is 0.330 e. The minimum Gasteiger partial charge on any atom is -0.490 e. The van der Waals surface area contributed by atoms with Gasteiger partial charge in [-0.3, -0.25) is 5.32 Å². The molecule has 0 spiro atoms. The van der Waals surface area contributed by atoms with E-state index < -0.39 is 18.0 Å². The lowest BCUT2D eigenvalue weighted by atomic mass is 10.2. The molecule has 0 saturated carbocycles. The minimum absolute atomic E-state index is 0.313. The molecule has 140 valence electrons. The van der Waals surface area contributed by atoms with Crippen molar-refractivity contribution in [1.82, 2.24) is 5.32 Å². The van der Waals surface area contributed by atoms with Gasteiger partial charge in [0, 0.05) is 18.2 Å². The zero-order valence-corrected chi connectivity index (χ0v) is 16.6. The number of benzene rings is 1. The molecule has 0 aliphatic rings. The molecule has 7 heteroatoms. The Morgan fingerprint density at radius 1 is 1.40 bits per heavy atom. The third kappa shape index (κ3) is 9.02. The Labute approximate surface area is 157 Å². The molecule has 1 aromatic rings. The maximum atomic E-state index is 11.4. The summed E-state index contributed by atoms with van der Waals surface area (Å²) < 4.78 is 16.7. The number of aliphatic hydroxyl groups is 1. The van der Waals surface area contributed by atoms with Crippen LogP contribution in [0.4, 0.5) is 0 Å². The number of nitrogens with one attached hydrogen (secondary N) is 1. The number of carbonyl (C=O) groups is 1. The monoisotopic (exact) mass is 415 g/mol. The number of hydrogen-bond donors (Lipinski definition) is 2. The lowest BCUT2D eigenvalue weighted by molar-refractivity contribution is -0.181. The standard InChI is InChI=1S/C18H26BrNO5/c1-5-23-15(21)10-9-13-7-6-8-14(19)16(13)24-12-11-20-17(22)25-18(2,3)4/h6-10,17,20,22H,5,11-12H2,1-4H3/b10-9+. The highest BCUT2D eigenvalue weighted by atomic mass is 79.9. The number of rotatable bonds is 9. The Kier molecular flexibility index (Phi) is 9.13. The van der Waals surface area contributed by atoms with Gasteiger partial charge >= 0.3 is 5.97 Å². The van der Waals surface area contributed by atoms with Crippen molar-refractivity contribution in [2.75, 3.05) is 19.8 Å². The van der Waals surface area contributed by atoms with Crippen LogP contribution in [0, 0.1) is 0 Å². The topological polar surface area (TPSA) is 77.0 Å². The van der Waals surface area contributed by atoms with Crippen LogP contribution >= 0.6 is 15.9 Å². The summed E-state index contributed by atoms with van der Waals surface area (Å²) in [5, 5.41) is 12.5. The molecule has 0 bridgehead atoms. The lowest BCUT2D eigenvalue weighted by Gasteiger charge is -2.24. The second-order valence-electron chi connectivity index (χ2n) is 6.13. The first kappa shape index (κ1) is 21.6. The summed E-state index contributed by atoms with van der Waals surface area (Å²) in [5.74, 6) is 0.202. The van der Waals surface area contributed by atoms with E-state index in [1.54, 1.807) is 13.0 Å². The average Bonchev–Trinajstić information content (AvgIpc) is 2.49. The molecule has 0 heterocycles. The maximum Gasteiger partial charge on any atom is 0.330 e. The van der Waals surface area contributed by atoms with Crippen LogP contribution in [0.25, 0.3) is 6.08 Å². The Bertz CT molecular complexity index is 583. The average molecular weight is 416 g/mol. The molecule has 0 radical (unpaired) electrons. The molecular weight excluding hydrogens is 390 g/mol. The van der Waals surface area contributed by atoms with Gasteiger partial charge in [0.1, 0.15) is 12.4 Å². The Morgan fingerprint density at radius 3 is 2.76 bits per heavy atom. The summed E-state index contributed by atoms with van der Waals surface area (Å²) in [6.45, 7) is 8.36. The summed E-state index contributed by atoms with van der Waals surface area (Å²) in [6.07, 6.45) is 1.94. The van der Waals surface area contributed by atoms with Crippen LogP contribution in [0.15, 0.2) is 28.7 Å². The Hall–Kier alpha value is -1.41. The number of carbonyl (C=O) groups excluding carboxylic acids is 1. The molecule has 1 aromatic carbocycles. The summed E-state index contributed by atoms with van der Waals surface area (Å²) in [4.78, 5) is 11.4. The summed E-state index contributed by atoms with van der Waals surface area (Å²) in [7, 11) is 0. The van der Waals surface area contributed by atoms with Crippen molar-refractivity contribution in [3.05, 3.63) is 34.3 Å². The van der Waals surface area contributed by atoms with E-state index in [9.17, 15) is 9.90 Å². The van der Waals surface area contributed by atoms with Gasteiger partial charge in [0.25, 0.3) is 0 Å². The molecule has 0 aliphatic heterocycles. The molecule has 25 heavy (non-hydrogen) atoms. The summed E-state index contributed by atoms with van der Waals surface area (Å²) in [5.41, 5.74) is 0.301. The van der Waals surface area contributed by atoms with Gasteiger partial charge in [-0.15, -0.1) is 0 Å². The highest BCUT2D eigenvalue weighted by Gasteiger charge is 2.16. The van der Waals surface area contributed by atoms with E-state index in [-0.39, 0.29) is 0 Å². The summed E-state index contributed by atoms with van der Waals surface area (Å²) in [6, 6.07) is 5.53. The number of ether oxygens (including phenoxy) is 3. The van der Waals surface area contributed by atoms with E-state index in [4.69, 9.17) is 14.2 Å². The minimum atomic E-state index is -1.06. The van der Waals surface area contributed by atoms with Crippen molar-refractivity contribution in [3.63, 3.8) is 0 Å². The van der Waals surface area contributed by atoms with Crippen molar-refractivity contribution in [2.24, 2.45) is 0 Å². The molecule has 0 saturated heterocycles. The molecule has 0 aliphatic carbocycles. The number of aliphatic hydroxyl groups excluding tert-OH is 1. The van der Waals surface area contributed by atoms with Gasteiger partial charge in [-0.2, -0.15) is 0 Å². The van der Waals surface area contributed by atoms with Gasteiger partial charge in [-0.05, 0) is 55.8 Å². The van der Waals surface area contributed by atoms with Crippen LogP contribution in [-0.4, -0.2) is 42.8 Å². The fourth-order valence-corrected chi connectivity index (χ4v) is 2.37. The molecular formula is C18H26BrNO5. The first-order valence-corrected chi connectivity index (χ1v) is 8.87. The molecule has 0 amide bonds. The molecule has 1 rings (SSSR count). The predicted molar refractivity (Wildman–Crippen MR) is 100 cm³/mol. The molecule has 0 fully saturated rings. The highest BCUT2D eigenvalue weighted by Crippen LogP contribution is 2.30. The Morgan fingerprint density at radius 2 is 2.12 bits per heavy atom. The van der Waals surface area contributed by atoms with Crippen LogP contribution < -0.4 is 10.1 Å². The van der Waals surface area contributed by atoms with Crippen molar-refractivity contribution in [2.45, 2.75) is 39.7 Å². The van der Waals surface area contributed by atoms with Gasteiger partial charge in [-0.1, -0.05) is 12.1 Å². The maximum absolute atomic E-state index is 11.4. The van der Waals surface area contributed by atoms with Crippen molar-refractivity contribution in [1.29, 1.82) is 0 Å². The van der Waals surface area contributed by atoms with E-state index in [2.05, 4.69) is 21.2 Å². The van der Waals surface area contributed by atoms with Crippen LogP contribution in [0.3, 0.4) is 0 Å². The zero-order chi connectivity index (χ0) is 18.9. The van der Waals surface area contributed by atoms with E-state index in [0.29, 0.717) is 25.5 Å². The first-order valence-electron chi connectivity index (χ1n) is 8.08. The van der Waals surface area contributed by atoms with Crippen molar-refractivity contribution in [3.8, 4) is 5.75 Å². The third-order valence-electron chi connectivity index (χ3n) is 2.82. The van der Waals surface area contributed by atoms with Crippen LogP contribution in [-0.2, 0) is 14.3 Å². The normalized spacial score (nSPS) is 13.0. The SMILES string of the molecule is CCOC(=O)/C=C/c1cccc(Br)c1OCCNC(O)OC(C)(C)C. The fourth-order valence-electron chi connectivity index (χ4n) is 1.87. The number of hydrogen-bond acceptors (Lipinski definition) is 6. The van der Waals surface area contributed by atoms with Gasteiger partial charge in [-0.25, -0.2) is 4.79 Å². The number of esters is 1. The van der Waals surface area contributed by atoms with E-state index >= 15 is 0 Å². The lowest BCUT2D eigenvalue weighted by Crippen LogP contribution is -2.39. The second kappa shape index (κ2) is 10.6. The van der Waals surface area contributed by atoms with E-state index in [0.717, 1.165) is 10.0 Å². The molecule has 2 N–H and O–H groups in total. The molecule has 1 atom stereocenters. The number of halogens is 1. The molecule has 6 nitrogen and oxygen atoms in total. The third-order valence-corrected chi connectivity index (χ3v) is 3.44. The van der Waals surface area contributed by atoms with Gasteiger partial charge < -0.3 is 19.3 Å². The Balaban J connectivity index is 2.59. The quantitative estimate of drug-likeness (QED) is 0.279. The number of para-hydroxylation sites is 1. The first-order chi connectivity index (χ1) is 11.7. The second-order valence-corrected chi connectivity index (χ2v) is 6.98. The van der Waals surface area contributed by atoms with Crippen molar-refractivity contribution >= 4 is 28.0 Å².